The van der Waals surface area contributed by atoms with Gasteiger partial charge in [0.1, 0.15) is 11.0 Å². The third-order valence-electron chi connectivity index (χ3n) is 3.30. The Morgan fingerprint density at radius 1 is 1.04 bits per heavy atom. The van der Waals surface area contributed by atoms with Gasteiger partial charge in [-0.25, -0.2) is 13.2 Å². The number of hydrogen-bond donors (Lipinski definition) is 1. The quantitative estimate of drug-likeness (QED) is 0.617. The van der Waals surface area contributed by atoms with Crippen molar-refractivity contribution in [2.75, 3.05) is 0 Å². The van der Waals surface area contributed by atoms with Gasteiger partial charge < -0.3 is 9.29 Å². The topological polar surface area (TPSA) is 63.6 Å². The van der Waals surface area contributed by atoms with E-state index in [2.05, 4.69) is 4.18 Å². The van der Waals surface area contributed by atoms with E-state index in [1.54, 1.807) is 13.0 Å². The van der Waals surface area contributed by atoms with Gasteiger partial charge in [-0.1, -0.05) is 48.0 Å². The maximum Gasteiger partial charge on any atom is 0.339 e. The molecule has 0 amide bonds. The zero-order valence-electron chi connectivity index (χ0n) is 13.1. The molecule has 25 heavy (non-hydrogen) atoms. The third-order valence-corrected chi connectivity index (χ3v) is 4.55. The summed E-state index contributed by atoms with van der Waals surface area (Å²) in [5.74, 6) is -3.51. The van der Waals surface area contributed by atoms with Crippen molar-refractivity contribution in [3.8, 4) is 0 Å². The minimum Gasteiger partial charge on any atom is -0.380 e. The van der Waals surface area contributed by atoms with E-state index in [0.29, 0.717) is 0 Å². The fourth-order valence-corrected chi connectivity index (χ4v) is 2.95. The van der Waals surface area contributed by atoms with Gasteiger partial charge in [0.2, 0.25) is 5.83 Å². The highest BCUT2D eigenvalue weighted by Gasteiger charge is 2.30. The van der Waals surface area contributed by atoms with E-state index in [-0.39, 0.29) is 10.5 Å². The van der Waals surface area contributed by atoms with Gasteiger partial charge in [0.15, 0.2) is 5.76 Å². The number of hydrogen-bond acceptors (Lipinski definition) is 4. The predicted octanol–water partition coefficient (Wildman–Crippen LogP) is 3.88. The largest absolute Gasteiger partial charge is 0.380 e. The van der Waals surface area contributed by atoms with E-state index in [1.807, 2.05) is 0 Å². The first-order valence-electron chi connectivity index (χ1n) is 7.14. The normalized spacial score (nSPS) is 14.2. The Labute approximate surface area is 143 Å². The number of alkyl halides is 2. The minimum absolute atomic E-state index is 0.00686. The molecule has 4 nitrogen and oxygen atoms in total. The first-order valence-corrected chi connectivity index (χ1v) is 8.55. The molecule has 0 fully saturated rings. The molecule has 0 spiro atoms. The highest BCUT2D eigenvalue weighted by Crippen LogP contribution is 2.31. The highest BCUT2D eigenvalue weighted by atomic mass is 32.2. The summed E-state index contributed by atoms with van der Waals surface area (Å²) in [6, 6.07) is 12.5. The third kappa shape index (κ3) is 4.61. The average molecular weight is 372 g/mol. The van der Waals surface area contributed by atoms with Crippen molar-refractivity contribution in [1.29, 1.82) is 0 Å². The average Bonchev–Trinajstić information content (AvgIpc) is 2.59. The molecule has 2 aromatic rings. The zero-order chi connectivity index (χ0) is 18.6. The van der Waals surface area contributed by atoms with Crippen molar-refractivity contribution >= 4 is 10.1 Å². The van der Waals surface area contributed by atoms with Crippen LogP contribution >= 0.6 is 0 Å². The molecular formula is C17H15F3O4S. The van der Waals surface area contributed by atoms with Crippen LogP contribution in [0.15, 0.2) is 71.1 Å². The summed E-state index contributed by atoms with van der Waals surface area (Å²) in [4.78, 5) is -0.349. The van der Waals surface area contributed by atoms with E-state index in [1.165, 1.54) is 48.5 Å². The summed E-state index contributed by atoms with van der Waals surface area (Å²) in [5.41, 5.74) is 0.769. The molecule has 1 atom stereocenters. The second kappa shape index (κ2) is 7.71. The molecule has 0 radical (unpaired) electrons. The maximum atomic E-state index is 13.8. The van der Waals surface area contributed by atoms with Gasteiger partial charge in [-0.2, -0.15) is 8.42 Å². The Hall–Kier alpha value is -2.32. The van der Waals surface area contributed by atoms with E-state index in [9.17, 15) is 26.7 Å². The lowest BCUT2D eigenvalue weighted by Gasteiger charge is -2.17. The van der Waals surface area contributed by atoms with Crippen molar-refractivity contribution in [2.24, 2.45) is 0 Å². The number of allylic oxidation sites excluding steroid dienone is 1. The fourth-order valence-electron chi connectivity index (χ4n) is 1.98. The SMILES string of the molecule is Cc1ccc(S(=O)(=O)O/C(=C(/F)C(F)F)C(O)c2ccccc2)cc1. The molecule has 0 heterocycles. The molecule has 0 bridgehead atoms. The van der Waals surface area contributed by atoms with Crippen molar-refractivity contribution < 1.29 is 30.9 Å². The summed E-state index contributed by atoms with van der Waals surface area (Å²) in [6.07, 6.45) is -5.64. The smallest absolute Gasteiger partial charge is 0.339 e. The Morgan fingerprint density at radius 2 is 1.60 bits per heavy atom. The van der Waals surface area contributed by atoms with Gasteiger partial charge in [-0.3, -0.25) is 0 Å². The lowest BCUT2D eigenvalue weighted by atomic mass is 10.1. The van der Waals surface area contributed by atoms with Gasteiger partial charge in [0.25, 0.3) is 6.43 Å². The Balaban J connectivity index is 2.44. The van der Waals surface area contributed by atoms with E-state index < -0.39 is 34.2 Å². The number of aliphatic hydroxyl groups is 1. The van der Waals surface area contributed by atoms with E-state index in [4.69, 9.17) is 0 Å². The van der Waals surface area contributed by atoms with Crippen LogP contribution in [-0.2, 0) is 14.3 Å². The number of aliphatic hydroxyl groups excluding tert-OH is 1. The molecule has 1 N–H and O–H groups in total. The highest BCUT2D eigenvalue weighted by molar-refractivity contribution is 7.86. The number of halogens is 3. The van der Waals surface area contributed by atoms with Crippen molar-refractivity contribution in [3.05, 3.63) is 77.3 Å². The number of aryl methyl sites for hydroxylation is 1. The summed E-state index contributed by atoms with van der Waals surface area (Å²) in [6.45, 7) is 1.72. The number of benzene rings is 2. The fraction of sp³-hybridized carbons (Fsp3) is 0.176. The van der Waals surface area contributed by atoms with Gasteiger partial charge in [-0.15, -0.1) is 0 Å². The maximum absolute atomic E-state index is 13.8. The van der Waals surface area contributed by atoms with E-state index >= 15 is 0 Å². The molecule has 1 unspecified atom stereocenters. The molecule has 2 aromatic carbocycles. The van der Waals surface area contributed by atoms with E-state index in [0.717, 1.165) is 5.56 Å². The van der Waals surface area contributed by atoms with Crippen molar-refractivity contribution in [3.63, 3.8) is 0 Å². The molecule has 0 saturated carbocycles. The Bertz CT molecular complexity index is 847. The monoisotopic (exact) mass is 372 g/mol. The standard InChI is InChI=1S/C17H15F3O4S/c1-11-7-9-13(10-8-11)25(22,23)24-16(14(18)17(19)20)15(21)12-5-3-2-4-6-12/h2-10,15,17,21H,1H3/b16-14+. The lowest BCUT2D eigenvalue weighted by Crippen LogP contribution is -2.15. The minimum atomic E-state index is -4.60. The van der Waals surface area contributed by atoms with Crippen LogP contribution < -0.4 is 0 Å². The van der Waals surface area contributed by atoms with Gasteiger partial charge in [0.05, 0.1) is 0 Å². The number of rotatable bonds is 6. The molecule has 134 valence electrons. The summed E-state index contributed by atoms with van der Waals surface area (Å²) >= 11 is 0. The molecule has 8 heteroatoms. The molecule has 0 aromatic heterocycles. The Morgan fingerprint density at radius 3 is 2.12 bits per heavy atom. The van der Waals surface area contributed by atoms with Gasteiger partial charge in [-0.05, 0) is 24.6 Å². The molecule has 2 rings (SSSR count). The Kier molecular flexibility index (Phi) is 5.86. The second-order valence-corrected chi connectivity index (χ2v) is 6.72. The summed E-state index contributed by atoms with van der Waals surface area (Å²) in [7, 11) is -4.60. The van der Waals surface area contributed by atoms with Crippen LogP contribution in [0.25, 0.3) is 0 Å². The lowest BCUT2D eigenvalue weighted by molar-refractivity contribution is 0.118. The first-order chi connectivity index (χ1) is 11.7. The predicted molar refractivity (Wildman–Crippen MR) is 85.0 cm³/mol. The van der Waals surface area contributed by atoms with Crippen LogP contribution in [0, 0.1) is 6.92 Å². The van der Waals surface area contributed by atoms with Crippen LogP contribution in [0.3, 0.4) is 0 Å². The zero-order valence-corrected chi connectivity index (χ0v) is 13.9. The molecule has 0 aliphatic carbocycles. The van der Waals surface area contributed by atoms with Crippen LogP contribution in [0.1, 0.15) is 17.2 Å². The molecule has 0 aliphatic rings. The van der Waals surface area contributed by atoms with Crippen LogP contribution in [0.2, 0.25) is 0 Å². The van der Waals surface area contributed by atoms with Crippen LogP contribution in [-0.4, -0.2) is 19.9 Å². The van der Waals surface area contributed by atoms with Crippen LogP contribution in [0.5, 0.6) is 0 Å². The van der Waals surface area contributed by atoms with Gasteiger partial charge >= 0.3 is 10.1 Å². The van der Waals surface area contributed by atoms with Crippen molar-refractivity contribution in [1.82, 2.24) is 0 Å². The molecule has 0 aliphatic heterocycles. The second-order valence-electron chi connectivity index (χ2n) is 5.18. The summed E-state index contributed by atoms with van der Waals surface area (Å²) in [5, 5.41) is 10.1. The van der Waals surface area contributed by atoms with Gasteiger partial charge in [0, 0.05) is 0 Å². The molecular weight excluding hydrogens is 357 g/mol. The van der Waals surface area contributed by atoms with Crippen LogP contribution in [0.4, 0.5) is 13.2 Å². The summed E-state index contributed by atoms with van der Waals surface area (Å²) < 4.78 is 68.4. The first kappa shape index (κ1) is 19.0. The van der Waals surface area contributed by atoms with Crippen molar-refractivity contribution in [2.45, 2.75) is 24.3 Å². The molecule has 0 saturated heterocycles.